The van der Waals surface area contributed by atoms with E-state index in [1.165, 1.54) is 17.1 Å². The lowest BCUT2D eigenvalue weighted by molar-refractivity contribution is -0.136. The number of imide groups is 1. The molecule has 1 aliphatic heterocycles. The molecule has 2 aliphatic rings. The molecule has 1 aliphatic carbocycles. The molecule has 14 heavy (non-hydrogen) atoms. The van der Waals surface area contributed by atoms with Gasteiger partial charge >= 0.3 is 0 Å². The molecule has 0 bridgehead atoms. The van der Waals surface area contributed by atoms with Gasteiger partial charge in [-0.15, -0.1) is 0 Å². The Morgan fingerprint density at radius 1 is 1.07 bits per heavy atom. The zero-order valence-corrected chi connectivity index (χ0v) is 7.77. The molecular weight excluding hydrogens is 178 g/mol. The highest BCUT2D eigenvalue weighted by Crippen LogP contribution is 2.13. The van der Waals surface area contributed by atoms with Crippen molar-refractivity contribution in [3.05, 3.63) is 36.0 Å². The summed E-state index contributed by atoms with van der Waals surface area (Å²) in [6.45, 7) is 0.404. The van der Waals surface area contributed by atoms with Gasteiger partial charge in [0, 0.05) is 12.2 Å². The number of carbonyl (C=O) groups excluding carboxylic acids is 2. The van der Waals surface area contributed by atoms with Crippen molar-refractivity contribution < 1.29 is 9.59 Å². The van der Waals surface area contributed by atoms with E-state index in [2.05, 4.69) is 12.2 Å². The molecule has 0 aromatic rings. The number of allylic oxidation sites excluding steroid dienone is 2. The molecule has 3 nitrogen and oxygen atoms in total. The molecular formula is C11H11NO2. The molecule has 2 rings (SSSR count). The summed E-state index contributed by atoms with van der Waals surface area (Å²) in [5, 5.41) is 0. The molecule has 0 saturated carbocycles. The molecule has 72 valence electrons. The fourth-order valence-corrected chi connectivity index (χ4v) is 1.55. The van der Waals surface area contributed by atoms with Gasteiger partial charge in [-0.1, -0.05) is 18.2 Å². The van der Waals surface area contributed by atoms with Crippen LogP contribution in [0, 0.1) is 0 Å². The van der Waals surface area contributed by atoms with Crippen molar-refractivity contribution in [1.82, 2.24) is 4.90 Å². The first-order valence-electron chi connectivity index (χ1n) is 4.66. The van der Waals surface area contributed by atoms with Crippen LogP contribution in [0.1, 0.15) is 12.8 Å². The summed E-state index contributed by atoms with van der Waals surface area (Å²) in [6.07, 6.45) is 10.8. The monoisotopic (exact) mass is 189 g/mol. The third kappa shape index (κ3) is 1.66. The summed E-state index contributed by atoms with van der Waals surface area (Å²) in [5.74, 6) is -0.426. The highest BCUT2D eigenvalue weighted by molar-refractivity contribution is 6.13. The van der Waals surface area contributed by atoms with E-state index in [-0.39, 0.29) is 11.8 Å². The third-order valence-electron chi connectivity index (χ3n) is 2.31. The van der Waals surface area contributed by atoms with Crippen LogP contribution in [0.4, 0.5) is 0 Å². The van der Waals surface area contributed by atoms with Crippen molar-refractivity contribution in [2.75, 3.05) is 6.54 Å². The van der Waals surface area contributed by atoms with Gasteiger partial charge in [0.2, 0.25) is 0 Å². The minimum atomic E-state index is -0.213. The van der Waals surface area contributed by atoms with Crippen molar-refractivity contribution in [3.63, 3.8) is 0 Å². The highest BCUT2D eigenvalue weighted by Gasteiger charge is 2.23. The van der Waals surface area contributed by atoms with Crippen molar-refractivity contribution in [2.24, 2.45) is 0 Å². The van der Waals surface area contributed by atoms with Gasteiger partial charge in [-0.2, -0.15) is 0 Å². The second-order valence-electron chi connectivity index (χ2n) is 3.35. The summed E-state index contributed by atoms with van der Waals surface area (Å²) in [5.41, 5.74) is 1.04. The number of hydrogen-bond acceptors (Lipinski definition) is 2. The Bertz CT molecular complexity index is 345. The minimum Gasteiger partial charge on any atom is -0.271 e. The fraction of sp³-hybridized carbons (Fsp3) is 0.273. The van der Waals surface area contributed by atoms with Gasteiger partial charge in [-0.05, 0) is 18.4 Å². The molecule has 0 N–H and O–H groups in total. The predicted molar refractivity (Wildman–Crippen MR) is 52.3 cm³/mol. The van der Waals surface area contributed by atoms with Crippen LogP contribution in [-0.2, 0) is 9.59 Å². The lowest BCUT2D eigenvalue weighted by Crippen LogP contribution is -2.31. The van der Waals surface area contributed by atoms with Gasteiger partial charge in [0.25, 0.3) is 11.8 Å². The lowest BCUT2D eigenvalue weighted by Gasteiger charge is -2.15. The van der Waals surface area contributed by atoms with Crippen molar-refractivity contribution in [2.45, 2.75) is 12.8 Å². The van der Waals surface area contributed by atoms with Gasteiger partial charge in [-0.25, -0.2) is 0 Å². The molecule has 2 amide bonds. The molecule has 3 heteroatoms. The molecule has 0 radical (unpaired) electrons. The molecule has 0 spiro atoms. The average molecular weight is 189 g/mol. The molecule has 0 aromatic heterocycles. The highest BCUT2D eigenvalue weighted by atomic mass is 16.2. The Morgan fingerprint density at radius 2 is 1.79 bits per heavy atom. The van der Waals surface area contributed by atoms with Crippen LogP contribution in [-0.4, -0.2) is 23.3 Å². The van der Waals surface area contributed by atoms with Crippen LogP contribution in [0.15, 0.2) is 36.0 Å². The van der Waals surface area contributed by atoms with Gasteiger partial charge in [0.05, 0.1) is 6.54 Å². The number of carbonyl (C=O) groups is 2. The molecule has 0 atom stereocenters. The summed E-state index contributed by atoms with van der Waals surface area (Å²) in [7, 11) is 0. The zero-order chi connectivity index (χ0) is 9.97. The molecule has 1 heterocycles. The Morgan fingerprint density at radius 3 is 2.36 bits per heavy atom. The first-order valence-corrected chi connectivity index (χ1v) is 4.66. The summed E-state index contributed by atoms with van der Waals surface area (Å²) >= 11 is 0. The fourth-order valence-electron chi connectivity index (χ4n) is 1.55. The first-order chi connectivity index (χ1) is 6.77. The molecule has 0 unspecified atom stereocenters. The van der Waals surface area contributed by atoms with E-state index in [9.17, 15) is 9.59 Å². The van der Waals surface area contributed by atoms with Gasteiger partial charge < -0.3 is 0 Å². The van der Waals surface area contributed by atoms with E-state index >= 15 is 0 Å². The number of nitrogens with zero attached hydrogens (tertiary/aromatic N) is 1. The van der Waals surface area contributed by atoms with Crippen LogP contribution in [0.3, 0.4) is 0 Å². The smallest absolute Gasteiger partial charge is 0.253 e. The molecule has 0 fully saturated rings. The van der Waals surface area contributed by atoms with E-state index in [1.54, 1.807) is 0 Å². The van der Waals surface area contributed by atoms with Gasteiger partial charge in [-0.3, -0.25) is 14.5 Å². The summed E-state index contributed by atoms with van der Waals surface area (Å²) in [6, 6.07) is 0. The Balaban J connectivity index is 2.04. The third-order valence-corrected chi connectivity index (χ3v) is 2.31. The van der Waals surface area contributed by atoms with Crippen molar-refractivity contribution in [3.8, 4) is 0 Å². The average Bonchev–Trinajstić information content (AvgIpc) is 2.51. The van der Waals surface area contributed by atoms with Crippen LogP contribution < -0.4 is 0 Å². The van der Waals surface area contributed by atoms with E-state index in [0.717, 1.165) is 18.4 Å². The Hall–Kier alpha value is -1.64. The maximum absolute atomic E-state index is 11.2. The van der Waals surface area contributed by atoms with Gasteiger partial charge in [0.1, 0.15) is 0 Å². The second-order valence-corrected chi connectivity index (χ2v) is 3.35. The van der Waals surface area contributed by atoms with E-state index in [1.807, 2.05) is 6.08 Å². The standard InChI is InChI=1S/C11H11NO2/c13-10-6-7-11(14)12(10)8-9-4-2-1-3-5-9/h2,4-7H,1,3,8H2. The topological polar surface area (TPSA) is 37.4 Å². The number of hydrogen-bond donors (Lipinski definition) is 0. The summed E-state index contributed by atoms with van der Waals surface area (Å²) in [4.78, 5) is 23.7. The van der Waals surface area contributed by atoms with E-state index in [0.29, 0.717) is 6.54 Å². The zero-order valence-electron chi connectivity index (χ0n) is 7.77. The largest absolute Gasteiger partial charge is 0.271 e. The van der Waals surface area contributed by atoms with Crippen molar-refractivity contribution in [1.29, 1.82) is 0 Å². The minimum absolute atomic E-state index is 0.213. The van der Waals surface area contributed by atoms with Crippen molar-refractivity contribution >= 4 is 11.8 Å². The van der Waals surface area contributed by atoms with E-state index in [4.69, 9.17) is 0 Å². The SMILES string of the molecule is O=C1C=CC(=O)N1CC1=CCCC=C1. The maximum Gasteiger partial charge on any atom is 0.253 e. The van der Waals surface area contributed by atoms with Crippen LogP contribution >= 0.6 is 0 Å². The Kier molecular flexibility index (Phi) is 2.31. The van der Waals surface area contributed by atoms with Gasteiger partial charge in [0.15, 0.2) is 0 Å². The first kappa shape index (κ1) is 8.94. The molecule has 0 aromatic carbocycles. The van der Waals surface area contributed by atoms with E-state index < -0.39 is 0 Å². The van der Waals surface area contributed by atoms with Crippen LogP contribution in [0.25, 0.3) is 0 Å². The predicted octanol–water partition coefficient (Wildman–Crippen LogP) is 1.19. The lowest BCUT2D eigenvalue weighted by atomic mass is 10.1. The quantitative estimate of drug-likeness (QED) is 0.612. The second kappa shape index (κ2) is 3.62. The number of amides is 2. The molecule has 0 saturated heterocycles. The van der Waals surface area contributed by atoms with Crippen LogP contribution in [0.5, 0.6) is 0 Å². The van der Waals surface area contributed by atoms with Crippen LogP contribution in [0.2, 0.25) is 0 Å². The maximum atomic E-state index is 11.2. The normalized spacial score (nSPS) is 20.6. The Labute approximate surface area is 82.4 Å². The summed E-state index contributed by atoms with van der Waals surface area (Å²) < 4.78 is 0. The number of rotatable bonds is 2.